The largest absolute Gasteiger partial charge is 0.394 e. The molecule has 2 saturated heterocycles. The minimum Gasteiger partial charge on any atom is -0.394 e. The predicted molar refractivity (Wildman–Crippen MR) is 126 cm³/mol. The molecule has 0 bridgehead atoms. The second kappa shape index (κ2) is 9.46. The summed E-state index contributed by atoms with van der Waals surface area (Å²) in [6, 6.07) is 17.6. The summed E-state index contributed by atoms with van der Waals surface area (Å²) in [7, 11) is 0. The quantitative estimate of drug-likeness (QED) is 0.611. The van der Waals surface area contributed by atoms with Gasteiger partial charge in [0.2, 0.25) is 5.91 Å². The highest BCUT2D eigenvalue weighted by Crippen LogP contribution is 2.43. The van der Waals surface area contributed by atoms with Gasteiger partial charge in [0.25, 0.3) is 5.91 Å². The van der Waals surface area contributed by atoms with Crippen molar-refractivity contribution < 1.29 is 14.7 Å². The number of piperazine rings is 1. The number of carbonyl (C=O) groups is 2. The van der Waals surface area contributed by atoms with E-state index in [2.05, 4.69) is 33.9 Å². The number of aliphatic hydroxyl groups is 1. The molecule has 2 aromatic carbocycles. The van der Waals surface area contributed by atoms with Crippen molar-refractivity contribution in [3.8, 4) is 11.8 Å². The number of aromatic nitrogens is 2. The Morgan fingerprint density at radius 3 is 2.59 bits per heavy atom. The zero-order chi connectivity index (χ0) is 23.5. The smallest absolute Gasteiger partial charge is 0.274 e. The highest BCUT2D eigenvalue weighted by atomic mass is 16.3. The number of benzene rings is 2. The molecule has 7 heteroatoms. The van der Waals surface area contributed by atoms with E-state index in [1.54, 1.807) is 4.90 Å². The van der Waals surface area contributed by atoms with Gasteiger partial charge >= 0.3 is 0 Å². The third-order valence-corrected chi connectivity index (χ3v) is 6.49. The number of aliphatic hydroxyl groups excluding tert-OH is 1. The second-order valence-electron chi connectivity index (χ2n) is 8.51. The molecule has 170 valence electrons. The molecular weight excluding hydrogens is 428 g/mol. The van der Waals surface area contributed by atoms with Crippen LogP contribution in [-0.2, 0) is 11.2 Å². The lowest BCUT2D eigenvalue weighted by molar-refractivity contribution is -0.159. The van der Waals surface area contributed by atoms with Crippen molar-refractivity contribution in [2.45, 2.75) is 24.4 Å². The highest BCUT2D eigenvalue weighted by molar-refractivity contribution is 5.96. The maximum atomic E-state index is 12.9. The first kappa shape index (κ1) is 21.8. The maximum Gasteiger partial charge on any atom is 0.274 e. The van der Waals surface area contributed by atoms with Crippen molar-refractivity contribution in [2.24, 2.45) is 0 Å². The van der Waals surface area contributed by atoms with Crippen LogP contribution in [0.1, 0.15) is 33.1 Å². The van der Waals surface area contributed by atoms with Crippen LogP contribution in [0.2, 0.25) is 0 Å². The van der Waals surface area contributed by atoms with Crippen LogP contribution in [0.25, 0.3) is 0 Å². The Kier molecular flexibility index (Phi) is 6.07. The van der Waals surface area contributed by atoms with Crippen molar-refractivity contribution in [1.82, 2.24) is 19.8 Å². The van der Waals surface area contributed by atoms with Crippen LogP contribution in [0.15, 0.2) is 73.2 Å². The standard InChI is InChI=1S/C27H24N4O3/c32-18-24-26(21-11-9-20(10-12-21)8-4-7-19-5-2-1-3-6-19)23-16-30(17-25(33)31(23)24)27(34)22-15-28-13-14-29-22/h1-3,5-6,9-15,23-24,26,32H,7,16-18H2/t23-,24+,26+/m1/s1. The minimum absolute atomic E-state index is 0.0227. The number of nitrogens with zero attached hydrogens (tertiary/aromatic N) is 4. The average Bonchev–Trinajstić information content (AvgIpc) is 2.87. The maximum absolute atomic E-state index is 12.9. The van der Waals surface area contributed by atoms with Crippen LogP contribution in [0.3, 0.4) is 0 Å². The summed E-state index contributed by atoms with van der Waals surface area (Å²) in [5, 5.41) is 9.99. The van der Waals surface area contributed by atoms with Gasteiger partial charge in [-0.05, 0) is 23.3 Å². The van der Waals surface area contributed by atoms with Gasteiger partial charge in [-0.1, -0.05) is 54.3 Å². The van der Waals surface area contributed by atoms with Crippen molar-refractivity contribution >= 4 is 11.8 Å². The Hall–Kier alpha value is -4.02. The Balaban J connectivity index is 1.31. The number of hydrogen-bond donors (Lipinski definition) is 1. The number of amides is 2. The molecule has 0 unspecified atom stereocenters. The molecule has 7 nitrogen and oxygen atoms in total. The number of carbonyl (C=O) groups excluding carboxylic acids is 2. The molecule has 2 fully saturated rings. The van der Waals surface area contributed by atoms with Crippen molar-refractivity contribution in [3.05, 3.63) is 95.6 Å². The van der Waals surface area contributed by atoms with E-state index in [1.165, 1.54) is 29.1 Å². The molecule has 5 rings (SSSR count). The van der Waals surface area contributed by atoms with Crippen LogP contribution in [0.5, 0.6) is 0 Å². The Morgan fingerprint density at radius 1 is 1.09 bits per heavy atom. The molecule has 3 atom stereocenters. The Morgan fingerprint density at radius 2 is 1.88 bits per heavy atom. The zero-order valence-corrected chi connectivity index (χ0v) is 18.5. The zero-order valence-electron chi connectivity index (χ0n) is 18.5. The molecule has 2 aliphatic heterocycles. The van der Waals surface area contributed by atoms with E-state index in [0.717, 1.165) is 11.1 Å². The predicted octanol–water partition coefficient (Wildman–Crippen LogP) is 1.88. The SMILES string of the molecule is O=C(c1cnccn1)N1CC(=O)N2[C@H](C1)[C@H](c1ccc(C#CCc3ccccc3)cc1)[C@@H]2CO. The molecule has 34 heavy (non-hydrogen) atoms. The van der Waals surface area contributed by atoms with Crippen molar-refractivity contribution in [2.75, 3.05) is 19.7 Å². The van der Waals surface area contributed by atoms with E-state index in [9.17, 15) is 14.7 Å². The van der Waals surface area contributed by atoms with E-state index in [1.807, 2.05) is 42.5 Å². The van der Waals surface area contributed by atoms with Gasteiger partial charge in [-0.2, -0.15) is 0 Å². The molecular formula is C27H24N4O3. The molecule has 2 amide bonds. The van der Waals surface area contributed by atoms with Gasteiger partial charge < -0.3 is 14.9 Å². The van der Waals surface area contributed by atoms with Crippen LogP contribution in [-0.4, -0.2) is 68.5 Å². The molecule has 0 aliphatic carbocycles. The molecule has 3 heterocycles. The second-order valence-corrected chi connectivity index (χ2v) is 8.51. The monoisotopic (exact) mass is 452 g/mol. The fourth-order valence-electron chi connectivity index (χ4n) is 4.86. The van der Waals surface area contributed by atoms with E-state index in [4.69, 9.17) is 0 Å². The third kappa shape index (κ3) is 4.16. The summed E-state index contributed by atoms with van der Waals surface area (Å²) in [5.41, 5.74) is 3.33. The first-order valence-corrected chi connectivity index (χ1v) is 11.3. The first-order valence-electron chi connectivity index (χ1n) is 11.3. The van der Waals surface area contributed by atoms with E-state index < -0.39 is 0 Å². The lowest BCUT2D eigenvalue weighted by Gasteiger charge is -2.58. The van der Waals surface area contributed by atoms with Gasteiger partial charge in [0.1, 0.15) is 12.2 Å². The molecule has 1 N–H and O–H groups in total. The fraction of sp³-hybridized carbons (Fsp3) is 0.259. The van der Waals surface area contributed by atoms with Gasteiger partial charge in [0.05, 0.1) is 24.9 Å². The summed E-state index contributed by atoms with van der Waals surface area (Å²) >= 11 is 0. The number of rotatable bonds is 4. The lowest BCUT2D eigenvalue weighted by Crippen LogP contribution is -2.73. The van der Waals surface area contributed by atoms with Gasteiger partial charge in [0.15, 0.2) is 0 Å². The average molecular weight is 453 g/mol. The van der Waals surface area contributed by atoms with Crippen molar-refractivity contribution in [1.29, 1.82) is 0 Å². The van der Waals surface area contributed by atoms with Gasteiger partial charge in [-0.3, -0.25) is 14.6 Å². The number of fused-ring (bicyclic) bond motifs is 1. The van der Waals surface area contributed by atoms with Gasteiger partial charge in [0, 0.05) is 36.8 Å². The van der Waals surface area contributed by atoms with Crippen LogP contribution in [0, 0.1) is 11.8 Å². The molecule has 0 saturated carbocycles. The Bertz CT molecular complexity index is 1240. The van der Waals surface area contributed by atoms with E-state index >= 15 is 0 Å². The molecule has 0 spiro atoms. The number of hydrogen-bond acceptors (Lipinski definition) is 5. The summed E-state index contributed by atoms with van der Waals surface area (Å²) in [6.45, 7) is 0.246. The first-order chi connectivity index (χ1) is 16.7. The summed E-state index contributed by atoms with van der Waals surface area (Å²) < 4.78 is 0. The summed E-state index contributed by atoms with van der Waals surface area (Å²) in [5.74, 6) is 5.87. The lowest BCUT2D eigenvalue weighted by atomic mass is 9.73. The van der Waals surface area contributed by atoms with Crippen LogP contribution >= 0.6 is 0 Å². The van der Waals surface area contributed by atoms with Crippen LogP contribution in [0.4, 0.5) is 0 Å². The highest BCUT2D eigenvalue weighted by Gasteiger charge is 2.54. The van der Waals surface area contributed by atoms with Gasteiger partial charge in [-0.25, -0.2) is 4.98 Å². The summed E-state index contributed by atoms with van der Waals surface area (Å²) in [4.78, 5) is 36.9. The van der Waals surface area contributed by atoms with Gasteiger partial charge in [-0.15, -0.1) is 0 Å². The van der Waals surface area contributed by atoms with E-state index in [-0.39, 0.29) is 48.7 Å². The topological polar surface area (TPSA) is 86.6 Å². The normalized spacial score (nSPS) is 21.2. The molecule has 3 aromatic rings. The third-order valence-electron chi connectivity index (χ3n) is 6.49. The van der Waals surface area contributed by atoms with Crippen LogP contribution < -0.4 is 0 Å². The van der Waals surface area contributed by atoms with E-state index in [0.29, 0.717) is 13.0 Å². The fourth-order valence-corrected chi connectivity index (χ4v) is 4.86. The minimum atomic E-state index is -0.309. The molecule has 0 radical (unpaired) electrons. The Labute approximate surface area is 198 Å². The molecule has 1 aromatic heterocycles. The molecule has 2 aliphatic rings. The van der Waals surface area contributed by atoms with Crippen molar-refractivity contribution in [3.63, 3.8) is 0 Å². The summed E-state index contributed by atoms with van der Waals surface area (Å²) in [6.07, 6.45) is 5.06.